The average molecular weight is 426 g/mol. The molecule has 4 nitrogen and oxygen atoms in total. The lowest BCUT2D eigenvalue weighted by Crippen LogP contribution is -2.53. The number of aromatic nitrogens is 1. The maximum Gasteiger partial charge on any atom is 0.123 e. The van der Waals surface area contributed by atoms with Crippen LogP contribution in [0.4, 0.5) is 4.39 Å². The molecule has 1 N–H and O–H groups in total. The van der Waals surface area contributed by atoms with E-state index in [-0.39, 0.29) is 12.4 Å². The van der Waals surface area contributed by atoms with Gasteiger partial charge in [0.25, 0.3) is 0 Å². The Morgan fingerprint density at radius 2 is 1.87 bits per heavy atom. The van der Waals surface area contributed by atoms with Crippen molar-refractivity contribution in [3.63, 3.8) is 0 Å². The van der Waals surface area contributed by atoms with Gasteiger partial charge in [-0.15, -0.1) is 11.3 Å². The Hall–Kier alpha value is -2.12. The van der Waals surface area contributed by atoms with Gasteiger partial charge in [-0.3, -0.25) is 9.80 Å². The van der Waals surface area contributed by atoms with Crippen LogP contribution in [-0.2, 0) is 13.0 Å². The number of hydrogen-bond acceptors (Lipinski definition) is 5. The van der Waals surface area contributed by atoms with Gasteiger partial charge >= 0.3 is 0 Å². The van der Waals surface area contributed by atoms with Crippen molar-refractivity contribution in [2.24, 2.45) is 0 Å². The first-order valence-electron chi connectivity index (χ1n) is 10.5. The quantitative estimate of drug-likeness (QED) is 0.591. The van der Waals surface area contributed by atoms with Gasteiger partial charge in [-0.2, -0.15) is 0 Å². The van der Waals surface area contributed by atoms with Gasteiger partial charge in [-0.25, -0.2) is 9.37 Å². The van der Waals surface area contributed by atoms with Crippen molar-refractivity contribution in [3.05, 3.63) is 76.4 Å². The maximum absolute atomic E-state index is 13.2. The van der Waals surface area contributed by atoms with Crippen LogP contribution < -0.4 is 0 Å². The predicted octanol–water partition coefficient (Wildman–Crippen LogP) is 4.06. The van der Waals surface area contributed by atoms with Gasteiger partial charge in [-0.05, 0) is 42.7 Å². The minimum atomic E-state index is -0.228. The van der Waals surface area contributed by atoms with Crippen molar-refractivity contribution < 1.29 is 9.50 Å². The Morgan fingerprint density at radius 1 is 1.07 bits per heavy atom. The molecule has 158 valence electrons. The van der Waals surface area contributed by atoms with Crippen LogP contribution in [0.3, 0.4) is 0 Å². The lowest BCUT2D eigenvalue weighted by atomic mass is 10.1. The summed E-state index contributed by atoms with van der Waals surface area (Å²) in [7, 11) is 0. The molecule has 1 atom stereocenters. The summed E-state index contributed by atoms with van der Waals surface area (Å²) in [5.41, 5.74) is 3.21. The van der Waals surface area contributed by atoms with Crippen molar-refractivity contribution in [2.75, 3.05) is 32.8 Å². The minimum Gasteiger partial charge on any atom is -0.396 e. The molecule has 0 bridgehead atoms. The summed E-state index contributed by atoms with van der Waals surface area (Å²) >= 11 is 1.66. The van der Waals surface area contributed by atoms with E-state index in [1.165, 1.54) is 17.7 Å². The number of benzene rings is 2. The molecule has 1 aromatic heterocycles. The maximum atomic E-state index is 13.2. The number of thiazole rings is 1. The summed E-state index contributed by atoms with van der Waals surface area (Å²) in [5, 5.41) is 12.7. The fraction of sp³-hybridized carbons (Fsp3) is 0.375. The van der Waals surface area contributed by atoms with Crippen molar-refractivity contribution in [3.8, 4) is 11.3 Å². The largest absolute Gasteiger partial charge is 0.396 e. The van der Waals surface area contributed by atoms with E-state index in [9.17, 15) is 9.50 Å². The Morgan fingerprint density at radius 3 is 2.63 bits per heavy atom. The van der Waals surface area contributed by atoms with Crippen molar-refractivity contribution in [2.45, 2.75) is 25.4 Å². The number of halogens is 1. The molecule has 0 unspecified atom stereocenters. The molecule has 3 aromatic rings. The number of hydrogen-bond donors (Lipinski definition) is 1. The normalized spacial score (nSPS) is 18.0. The fourth-order valence-electron chi connectivity index (χ4n) is 4.06. The van der Waals surface area contributed by atoms with E-state index in [2.05, 4.69) is 40.1 Å². The highest BCUT2D eigenvalue weighted by Crippen LogP contribution is 2.24. The highest BCUT2D eigenvalue weighted by molar-refractivity contribution is 7.09. The van der Waals surface area contributed by atoms with Gasteiger partial charge in [-0.1, -0.05) is 30.3 Å². The second kappa shape index (κ2) is 10.3. The smallest absolute Gasteiger partial charge is 0.123 e. The molecule has 1 saturated heterocycles. The predicted molar refractivity (Wildman–Crippen MR) is 120 cm³/mol. The molecule has 1 aliphatic rings. The zero-order valence-corrected chi connectivity index (χ0v) is 17.9. The third-order valence-electron chi connectivity index (χ3n) is 5.73. The number of piperazine rings is 1. The van der Waals surface area contributed by atoms with E-state index in [0.717, 1.165) is 61.8 Å². The summed E-state index contributed by atoms with van der Waals surface area (Å²) in [6, 6.07) is 17.5. The Bertz CT molecular complexity index is 916. The van der Waals surface area contributed by atoms with Gasteiger partial charge in [0.2, 0.25) is 0 Å². The van der Waals surface area contributed by atoms with Crippen LogP contribution in [0.1, 0.15) is 17.0 Å². The van der Waals surface area contributed by atoms with E-state index in [1.54, 1.807) is 23.5 Å². The Balaban J connectivity index is 1.34. The summed E-state index contributed by atoms with van der Waals surface area (Å²) in [6.45, 7) is 5.01. The van der Waals surface area contributed by atoms with Gasteiger partial charge in [0, 0.05) is 49.8 Å². The van der Waals surface area contributed by atoms with E-state index in [4.69, 9.17) is 4.98 Å². The Kier molecular flexibility index (Phi) is 7.23. The average Bonchev–Trinajstić information content (AvgIpc) is 3.23. The highest BCUT2D eigenvalue weighted by Gasteiger charge is 2.26. The monoisotopic (exact) mass is 425 g/mol. The third kappa shape index (κ3) is 5.52. The van der Waals surface area contributed by atoms with Crippen LogP contribution in [0.15, 0.2) is 60.0 Å². The van der Waals surface area contributed by atoms with E-state index < -0.39 is 0 Å². The topological polar surface area (TPSA) is 39.6 Å². The van der Waals surface area contributed by atoms with Crippen LogP contribution in [0.2, 0.25) is 0 Å². The number of aliphatic hydroxyl groups is 1. The molecule has 1 fully saturated rings. The highest BCUT2D eigenvalue weighted by atomic mass is 32.1. The van der Waals surface area contributed by atoms with Crippen molar-refractivity contribution >= 4 is 11.3 Å². The van der Waals surface area contributed by atoms with E-state index in [0.29, 0.717) is 6.04 Å². The second-order valence-electron chi connectivity index (χ2n) is 7.81. The first-order valence-corrected chi connectivity index (χ1v) is 11.4. The zero-order chi connectivity index (χ0) is 20.8. The fourth-order valence-corrected chi connectivity index (χ4v) is 4.91. The molecule has 1 aliphatic heterocycles. The molecular weight excluding hydrogens is 397 g/mol. The van der Waals surface area contributed by atoms with Gasteiger partial charge < -0.3 is 5.11 Å². The number of nitrogens with zero attached hydrogens (tertiary/aromatic N) is 3. The molecule has 4 rings (SSSR count). The van der Waals surface area contributed by atoms with Gasteiger partial charge in [0.1, 0.15) is 10.8 Å². The summed E-state index contributed by atoms with van der Waals surface area (Å²) < 4.78 is 13.2. The third-order valence-corrected chi connectivity index (χ3v) is 6.57. The molecular formula is C24H28FN3OS. The molecule has 0 amide bonds. The van der Waals surface area contributed by atoms with Crippen LogP contribution in [0, 0.1) is 5.82 Å². The van der Waals surface area contributed by atoms with E-state index >= 15 is 0 Å². The van der Waals surface area contributed by atoms with Gasteiger partial charge in [0.05, 0.1) is 12.2 Å². The molecule has 0 spiro atoms. The lowest BCUT2D eigenvalue weighted by molar-refractivity contribution is 0.0562. The molecule has 0 aliphatic carbocycles. The van der Waals surface area contributed by atoms with Crippen LogP contribution in [0.5, 0.6) is 0 Å². The Labute approximate surface area is 181 Å². The van der Waals surface area contributed by atoms with Crippen molar-refractivity contribution in [1.29, 1.82) is 0 Å². The van der Waals surface area contributed by atoms with Crippen LogP contribution in [-0.4, -0.2) is 58.7 Å². The molecule has 0 radical (unpaired) electrons. The molecule has 30 heavy (non-hydrogen) atoms. The first kappa shape index (κ1) is 21.1. The zero-order valence-electron chi connectivity index (χ0n) is 17.1. The number of rotatable bonds is 8. The standard InChI is InChI=1S/C24H28FN3OS/c25-21-8-6-20(7-9-21)23-18-30-24(26-23)17-27-13-14-28(22(16-27)11-15-29)12-10-19-4-2-1-3-5-19/h1-9,18,22,29H,10-17H2/t22-/m0/s1. The molecule has 0 saturated carbocycles. The lowest BCUT2D eigenvalue weighted by Gasteiger charge is -2.41. The summed E-state index contributed by atoms with van der Waals surface area (Å²) in [5.74, 6) is -0.228. The van der Waals surface area contributed by atoms with E-state index in [1.807, 2.05) is 5.38 Å². The minimum absolute atomic E-state index is 0.215. The SMILES string of the molecule is OCC[C@H]1CN(Cc2nc(-c3ccc(F)cc3)cs2)CCN1CCc1ccccc1. The summed E-state index contributed by atoms with van der Waals surface area (Å²) in [4.78, 5) is 9.72. The first-order chi connectivity index (χ1) is 14.7. The molecule has 6 heteroatoms. The van der Waals surface area contributed by atoms with Crippen LogP contribution >= 0.6 is 11.3 Å². The second-order valence-corrected chi connectivity index (χ2v) is 8.75. The van der Waals surface area contributed by atoms with Gasteiger partial charge in [0.15, 0.2) is 0 Å². The molecule has 2 aromatic carbocycles. The van der Waals surface area contributed by atoms with Crippen molar-refractivity contribution in [1.82, 2.24) is 14.8 Å². The van der Waals surface area contributed by atoms with Crippen LogP contribution in [0.25, 0.3) is 11.3 Å². The summed E-state index contributed by atoms with van der Waals surface area (Å²) in [6.07, 6.45) is 1.83. The number of aliphatic hydroxyl groups excluding tert-OH is 1. The molecule has 2 heterocycles.